The van der Waals surface area contributed by atoms with Gasteiger partial charge < -0.3 is 9.47 Å². The van der Waals surface area contributed by atoms with Crippen molar-refractivity contribution < 1.29 is 19.1 Å². The molecule has 2 atom stereocenters. The maximum Gasteiger partial charge on any atom is 0.310 e. The van der Waals surface area contributed by atoms with Crippen LogP contribution in [0.2, 0.25) is 0 Å². The number of hydrogen-bond donors (Lipinski definition) is 0. The van der Waals surface area contributed by atoms with Crippen molar-refractivity contribution in [1.29, 1.82) is 0 Å². The van der Waals surface area contributed by atoms with Crippen LogP contribution in [-0.2, 0) is 19.1 Å². The fourth-order valence-electron chi connectivity index (χ4n) is 3.41. The molecule has 27 heavy (non-hydrogen) atoms. The van der Waals surface area contributed by atoms with Crippen LogP contribution in [0, 0.1) is 17.8 Å². The number of carbonyl (C=O) groups is 2. The smallest absolute Gasteiger partial charge is 0.310 e. The Balaban J connectivity index is 1.97. The fraction of sp³-hybridized carbons (Fsp3) is 0.304. The normalized spacial score (nSPS) is 20.4. The summed E-state index contributed by atoms with van der Waals surface area (Å²) in [5.74, 6) is -1.86. The highest BCUT2D eigenvalue weighted by molar-refractivity contribution is 5.91. The number of ether oxygens (including phenoxy) is 2. The lowest BCUT2D eigenvalue weighted by Crippen LogP contribution is -2.13. The van der Waals surface area contributed by atoms with Gasteiger partial charge in [0.15, 0.2) is 0 Å². The van der Waals surface area contributed by atoms with E-state index in [0.29, 0.717) is 13.2 Å². The second kappa shape index (κ2) is 8.67. The molecule has 0 bridgehead atoms. The Kier molecular flexibility index (Phi) is 6.07. The predicted octanol–water partition coefficient (Wildman–Crippen LogP) is 4.11. The zero-order valence-electron chi connectivity index (χ0n) is 15.6. The van der Waals surface area contributed by atoms with Crippen molar-refractivity contribution in [3.63, 3.8) is 0 Å². The monoisotopic (exact) mass is 364 g/mol. The van der Waals surface area contributed by atoms with E-state index < -0.39 is 11.8 Å². The first-order valence-corrected chi connectivity index (χ1v) is 9.33. The molecule has 3 rings (SSSR count). The molecule has 0 radical (unpaired) electrons. The first-order valence-electron chi connectivity index (χ1n) is 9.33. The number of carbonyl (C=O) groups excluding carboxylic acids is 2. The summed E-state index contributed by atoms with van der Waals surface area (Å²) in [6, 6.07) is 19.9. The Hall–Kier alpha value is -2.88. The van der Waals surface area contributed by atoms with E-state index in [2.05, 4.69) is 0 Å². The van der Waals surface area contributed by atoms with Crippen LogP contribution in [0.5, 0.6) is 0 Å². The van der Waals surface area contributed by atoms with Crippen LogP contribution in [0.3, 0.4) is 0 Å². The quantitative estimate of drug-likeness (QED) is 0.694. The highest BCUT2D eigenvalue weighted by Gasteiger charge is 2.59. The molecule has 0 aliphatic heterocycles. The van der Waals surface area contributed by atoms with E-state index in [1.807, 2.05) is 66.7 Å². The standard InChI is InChI=1S/C23H24O4/c1-3-26-22(24)20-19(21(20)23(25)27-4-2)15-18(16-11-7-5-8-12-16)17-13-9-6-10-14-17/h5-15,19-21H,3-4H2,1-2H3. The summed E-state index contributed by atoms with van der Waals surface area (Å²) >= 11 is 0. The molecule has 1 aliphatic carbocycles. The van der Waals surface area contributed by atoms with Gasteiger partial charge in [0.25, 0.3) is 0 Å². The molecule has 1 fully saturated rings. The zero-order chi connectivity index (χ0) is 19.2. The lowest BCUT2D eigenvalue weighted by atomic mass is 9.96. The molecule has 1 saturated carbocycles. The Morgan fingerprint density at radius 1 is 0.778 bits per heavy atom. The molecular formula is C23H24O4. The Morgan fingerprint density at radius 3 is 1.56 bits per heavy atom. The summed E-state index contributed by atoms with van der Waals surface area (Å²) in [5, 5.41) is 0. The first kappa shape index (κ1) is 18.9. The van der Waals surface area contributed by atoms with Crippen LogP contribution in [0.1, 0.15) is 25.0 Å². The SMILES string of the molecule is CCOC(=O)C1C(C=C(c2ccccc2)c2ccccc2)C1C(=O)OCC. The number of allylic oxidation sites excluding steroid dienone is 1. The van der Waals surface area contributed by atoms with Crippen molar-refractivity contribution in [2.24, 2.45) is 17.8 Å². The second-order valence-corrected chi connectivity index (χ2v) is 6.45. The van der Waals surface area contributed by atoms with Gasteiger partial charge in [-0.3, -0.25) is 9.59 Å². The maximum absolute atomic E-state index is 12.3. The number of benzene rings is 2. The predicted molar refractivity (Wildman–Crippen MR) is 104 cm³/mol. The van der Waals surface area contributed by atoms with E-state index >= 15 is 0 Å². The molecule has 0 N–H and O–H groups in total. The summed E-state index contributed by atoms with van der Waals surface area (Å²) in [5.41, 5.74) is 3.09. The zero-order valence-corrected chi connectivity index (χ0v) is 15.6. The third-order valence-corrected chi connectivity index (χ3v) is 4.72. The van der Waals surface area contributed by atoms with Crippen molar-refractivity contribution in [3.05, 3.63) is 77.9 Å². The summed E-state index contributed by atoms with van der Waals surface area (Å²) in [6.45, 7) is 4.13. The van der Waals surface area contributed by atoms with Crippen molar-refractivity contribution in [1.82, 2.24) is 0 Å². The largest absolute Gasteiger partial charge is 0.466 e. The molecule has 140 valence electrons. The van der Waals surface area contributed by atoms with Gasteiger partial charge in [0.05, 0.1) is 25.0 Å². The molecule has 4 heteroatoms. The van der Waals surface area contributed by atoms with Gasteiger partial charge in [-0.1, -0.05) is 66.7 Å². The summed E-state index contributed by atoms with van der Waals surface area (Å²) in [7, 11) is 0. The van der Waals surface area contributed by atoms with Crippen LogP contribution in [0.4, 0.5) is 0 Å². The molecule has 2 aromatic rings. The highest BCUT2D eigenvalue weighted by atomic mass is 16.5. The third kappa shape index (κ3) is 4.27. The van der Waals surface area contributed by atoms with Crippen molar-refractivity contribution >= 4 is 17.5 Å². The maximum atomic E-state index is 12.3. The molecule has 0 heterocycles. The fourth-order valence-corrected chi connectivity index (χ4v) is 3.41. The van der Waals surface area contributed by atoms with Gasteiger partial charge >= 0.3 is 11.9 Å². The van der Waals surface area contributed by atoms with Crippen LogP contribution in [0.25, 0.3) is 5.57 Å². The van der Waals surface area contributed by atoms with Gasteiger partial charge in [-0.05, 0) is 30.5 Å². The minimum atomic E-state index is -0.480. The van der Waals surface area contributed by atoms with E-state index in [1.54, 1.807) is 13.8 Å². The van der Waals surface area contributed by atoms with Crippen LogP contribution < -0.4 is 0 Å². The highest BCUT2D eigenvalue weighted by Crippen LogP contribution is 2.50. The summed E-state index contributed by atoms with van der Waals surface area (Å²) in [4.78, 5) is 24.7. The van der Waals surface area contributed by atoms with E-state index in [1.165, 1.54) is 0 Å². The van der Waals surface area contributed by atoms with Gasteiger partial charge in [-0.2, -0.15) is 0 Å². The molecule has 4 nitrogen and oxygen atoms in total. The Morgan fingerprint density at radius 2 is 1.19 bits per heavy atom. The van der Waals surface area contributed by atoms with E-state index in [-0.39, 0.29) is 17.9 Å². The van der Waals surface area contributed by atoms with Crippen molar-refractivity contribution in [2.75, 3.05) is 13.2 Å². The molecule has 2 unspecified atom stereocenters. The second-order valence-electron chi connectivity index (χ2n) is 6.45. The van der Waals surface area contributed by atoms with E-state index in [0.717, 1.165) is 16.7 Å². The van der Waals surface area contributed by atoms with Crippen molar-refractivity contribution in [2.45, 2.75) is 13.8 Å². The minimum absolute atomic E-state index is 0.224. The lowest BCUT2D eigenvalue weighted by Gasteiger charge is -2.09. The number of hydrogen-bond acceptors (Lipinski definition) is 4. The van der Waals surface area contributed by atoms with E-state index in [9.17, 15) is 9.59 Å². The Bertz CT molecular complexity index is 745. The van der Waals surface area contributed by atoms with Crippen LogP contribution in [-0.4, -0.2) is 25.2 Å². The van der Waals surface area contributed by atoms with Gasteiger partial charge in [0.2, 0.25) is 0 Å². The topological polar surface area (TPSA) is 52.6 Å². The summed E-state index contributed by atoms with van der Waals surface area (Å²) in [6.07, 6.45) is 2.02. The molecule has 0 aromatic heterocycles. The molecule has 1 aliphatic rings. The van der Waals surface area contributed by atoms with Gasteiger partial charge in [-0.25, -0.2) is 0 Å². The lowest BCUT2D eigenvalue weighted by molar-refractivity contribution is -0.150. The number of rotatable bonds is 7. The van der Waals surface area contributed by atoms with E-state index in [4.69, 9.17) is 9.47 Å². The van der Waals surface area contributed by atoms with Gasteiger partial charge in [-0.15, -0.1) is 0 Å². The first-order chi connectivity index (χ1) is 13.2. The Labute approximate surface area is 159 Å². The number of esters is 2. The molecule has 0 spiro atoms. The van der Waals surface area contributed by atoms with Gasteiger partial charge in [0, 0.05) is 5.92 Å². The molecule has 0 amide bonds. The average molecular weight is 364 g/mol. The third-order valence-electron chi connectivity index (χ3n) is 4.72. The molecule has 0 saturated heterocycles. The van der Waals surface area contributed by atoms with Crippen LogP contribution >= 0.6 is 0 Å². The van der Waals surface area contributed by atoms with Crippen LogP contribution in [0.15, 0.2) is 66.7 Å². The van der Waals surface area contributed by atoms with Gasteiger partial charge in [0.1, 0.15) is 0 Å². The summed E-state index contributed by atoms with van der Waals surface area (Å²) < 4.78 is 10.3. The average Bonchev–Trinajstić information content (AvgIpc) is 3.42. The minimum Gasteiger partial charge on any atom is -0.466 e. The molecule has 2 aromatic carbocycles. The molecular weight excluding hydrogens is 340 g/mol. The van der Waals surface area contributed by atoms with Crippen molar-refractivity contribution in [3.8, 4) is 0 Å².